The molecule has 0 aromatic carbocycles. The van der Waals surface area contributed by atoms with Gasteiger partial charge in [-0.2, -0.15) is 0 Å². The van der Waals surface area contributed by atoms with Crippen LogP contribution in [0.2, 0.25) is 10.2 Å². The van der Waals surface area contributed by atoms with Crippen LogP contribution in [0.4, 0.5) is 0 Å². The average molecular weight is 289 g/mol. The molecule has 4 nitrogen and oxygen atoms in total. The number of carboxylic acid groups (broad SMARTS) is 1. The van der Waals surface area contributed by atoms with E-state index in [-0.39, 0.29) is 0 Å². The van der Waals surface area contributed by atoms with E-state index in [1.54, 1.807) is 12.3 Å². The maximum absolute atomic E-state index is 11.5. The minimum absolute atomic E-state index is 0.318. The summed E-state index contributed by atoms with van der Waals surface area (Å²) in [5, 5.41) is 13.4. The van der Waals surface area contributed by atoms with E-state index in [2.05, 4.69) is 10.3 Å². The molecular formula is C12H14Cl2N2O2. The lowest BCUT2D eigenvalue weighted by atomic mass is 9.74. The van der Waals surface area contributed by atoms with Gasteiger partial charge in [0.2, 0.25) is 0 Å². The molecule has 18 heavy (non-hydrogen) atoms. The highest BCUT2D eigenvalue weighted by molar-refractivity contribution is 6.34. The van der Waals surface area contributed by atoms with Crippen LogP contribution in [0.15, 0.2) is 12.3 Å². The lowest BCUT2D eigenvalue weighted by Crippen LogP contribution is -2.43. The Labute approximate surface area is 115 Å². The molecule has 0 unspecified atom stereocenters. The number of rotatable bonds is 3. The van der Waals surface area contributed by atoms with E-state index in [9.17, 15) is 9.90 Å². The Hall–Kier alpha value is -0.840. The Kier molecular flexibility index (Phi) is 4.10. The third kappa shape index (κ3) is 2.76. The molecule has 0 amide bonds. The summed E-state index contributed by atoms with van der Waals surface area (Å²) < 4.78 is 0. The Morgan fingerprint density at radius 3 is 2.67 bits per heavy atom. The summed E-state index contributed by atoms with van der Waals surface area (Å²) in [7, 11) is 0. The van der Waals surface area contributed by atoms with Crippen LogP contribution in [0.1, 0.15) is 18.4 Å². The molecule has 1 aromatic heterocycles. The van der Waals surface area contributed by atoms with Crippen molar-refractivity contribution in [2.75, 3.05) is 13.1 Å². The summed E-state index contributed by atoms with van der Waals surface area (Å²) >= 11 is 11.8. The number of nitrogens with one attached hydrogen (secondary N) is 1. The second kappa shape index (κ2) is 5.43. The molecule has 2 N–H and O–H groups in total. The van der Waals surface area contributed by atoms with Crippen molar-refractivity contribution in [1.29, 1.82) is 0 Å². The zero-order chi connectivity index (χ0) is 13.2. The lowest BCUT2D eigenvalue weighted by molar-refractivity contribution is -0.150. The van der Waals surface area contributed by atoms with E-state index in [0.29, 0.717) is 42.5 Å². The second-order valence-electron chi connectivity index (χ2n) is 4.61. The van der Waals surface area contributed by atoms with Crippen molar-refractivity contribution in [3.05, 3.63) is 28.0 Å². The standard InChI is InChI=1S/C12H14Cl2N2O2/c13-9-5-10(14)16-7-8(9)6-12(11(17)18)1-3-15-4-2-12/h5,7,15H,1-4,6H2,(H,17,18). The van der Waals surface area contributed by atoms with Crippen LogP contribution in [0, 0.1) is 5.41 Å². The SMILES string of the molecule is O=C(O)C1(Cc2cnc(Cl)cc2Cl)CCNCC1. The van der Waals surface area contributed by atoms with E-state index in [1.807, 2.05) is 0 Å². The number of carbonyl (C=O) groups is 1. The quantitative estimate of drug-likeness (QED) is 0.839. The van der Waals surface area contributed by atoms with Gasteiger partial charge in [0.05, 0.1) is 5.41 Å². The second-order valence-corrected chi connectivity index (χ2v) is 5.41. The predicted octanol–water partition coefficient (Wildman–Crippen LogP) is 2.39. The molecule has 0 bridgehead atoms. The van der Waals surface area contributed by atoms with Crippen molar-refractivity contribution in [2.45, 2.75) is 19.3 Å². The summed E-state index contributed by atoms with van der Waals surface area (Å²) in [4.78, 5) is 15.5. The van der Waals surface area contributed by atoms with Crippen molar-refractivity contribution < 1.29 is 9.90 Å². The van der Waals surface area contributed by atoms with Crippen LogP contribution < -0.4 is 5.32 Å². The van der Waals surface area contributed by atoms with Gasteiger partial charge in [-0.15, -0.1) is 0 Å². The number of aliphatic carboxylic acids is 1. The molecule has 1 aromatic rings. The number of halogens is 2. The highest BCUT2D eigenvalue weighted by atomic mass is 35.5. The molecule has 98 valence electrons. The minimum atomic E-state index is -0.769. The summed E-state index contributed by atoms with van der Waals surface area (Å²) in [6.07, 6.45) is 3.16. The molecular weight excluding hydrogens is 275 g/mol. The van der Waals surface area contributed by atoms with Crippen molar-refractivity contribution in [1.82, 2.24) is 10.3 Å². The average Bonchev–Trinajstić information content (AvgIpc) is 2.34. The van der Waals surface area contributed by atoms with Gasteiger partial charge in [-0.3, -0.25) is 4.79 Å². The van der Waals surface area contributed by atoms with E-state index >= 15 is 0 Å². The summed E-state index contributed by atoms with van der Waals surface area (Å²) in [5.41, 5.74) is -0.00456. The first-order valence-electron chi connectivity index (χ1n) is 5.77. The smallest absolute Gasteiger partial charge is 0.310 e. The molecule has 1 aliphatic heterocycles. The molecule has 1 fully saturated rings. The normalized spacial score (nSPS) is 18.6. The molecule has 0 radical (unpaired) electrons. The van der Waals surface area contributed by atoms with Crippen molar-refractivity contribution in [3.63, 3.8) is 0 Å². The first-order valence-corrected chi connectivity index (χ1v) is 6.53. The number of aromatic nitrogens is 1. The van der Waals surface area contributed by atoms with Gasteiger partial charge in [0.25, 0.3) is 0 Å². The van der Waals surface area contributed by atoms with Crippen LogP contribution in [-0.2, 0) is 11.2 Å². The van der Waals surface area contributed by atoms with Gasteiger partial charge in [-0.05, 0) is 44.0 Å². The molecule has 2 rings (SSSR count). The van der Waals surface area contributed by atoms with Gasteiger partial charge >= 0.3 is 5.97 Å². The zero-order valence-electron chi connectivity index (χ0n) is 9.75. The minimum Gasteiger partial charge on any atom is -0.481 e. The molecule has 1 saturated heterocycles. The number of pyridine rings is 1. The Bertz CT molecular complexity index is 459. The maximum atomic E-state index is 11.5. The molecule has 1 aliphatic rings. The molecule has 6 heteroatoms. The summed E-state index contributed by atoms with van der Waals surface area (Å²) in [5.74, 6) is -0.769. The van der Waals surface area contributed by atoms with Crippen molar-refractivity contribution in [2.24, 2.45) is 5.41 Å². The number of hydrogen-bond acceptors (Lipinski definition) is 3. The first kappa shape index (κ1) is 13.6. The van der Waals surface area contributed by atoms with Crippen LogP contribution in [0.25, 0.3) is 0 Å². The number of piperidine rings is 1. The third-order valence-electron chi connectivity index (χ3n) is 3.44. The third-order valence-corrected chi connectivity index (χ3v) is 4.00. The topological polar surface area (TPSA) is 62.2 Å². The van der Waals surface area contributed by atoms with Crippen LogP contribution >= 0.6 is 23.2 Å². The van der Waals surface area contributed by atoms with E-state index < -0.39 is 11.4 Å². The van der Waals surface area contributed by atoms with Crippen LogP contribution in [0.5, 0.6) is 0 Å². The van der Waals surface area contributed by atoms with Crippen LogP contribution in [0.3, 0.4) is 0 Å². The van der Waals surface area contributed by atoms with E-state index in [0.717, 1.165) is 5.56 Å². The largest absolute Gasteiger partial charge is 0.481 e. The summed E-state index contributed by atoms with van der Waals surface area (Å²) in [6, 6.07) is 1.55. The Morgan fingerprint density at radius 2 is 2.11 bits per heavy atom. The van der Waals surface area contributed by atoms with Crippen molar-refractivity contribution >= 4 is 29.2 Å². The molecule has 0 spiro atoms. The highest BCUT2D eigenvalue weighted by Gasteiger charge is 2.40. The Morgan fingerprint density at radius 1 is 1.44 bits per heavy atom. The van der Waals surface area contributed by atoms with Crippen molar-refractivity contribution in [3.8, 4) is 0 Å². The molecule has 0 aliphatic carbocycles. The van der Waals surface area contributed by atoms with E-state index in [4.69, 9.17) is 23.2 Å². The van der Waals surface area contributed by atoms with Gasteiger partial charge in [-0.25, -0.2) is 4.98 Å². The summed E-state index contributed by atoms with van der Waals surface area (Å²) in [6.45, 7) is 1.43. The first-order chi connectivity index (χ1) is 8.53. The highest BCUT2D eigenvalue weighted by Crippen LogP contribution is 2.35. The van der Waals surface area contributed by atoms with Gasteiger partial charge in [0.1, 0.15) is 5.15 Å². The van der Waals surface area contributed by atoms with Gasteiger partial charge < -0.3 is 10.4 Å². The number of hydrogen-bond donors (Lipinski definition) is 2. The lowest BCUT2D eigenvalue weighted by Gasteiger charge is -2.33. The van der Waals surface area contributed by atoms with Gasteiger partial charge in [0.15, 0.2) is 0 Å². The van der Waals surface area contributed by atoms with Crippen LogP contribution in [-0.4, -0.2) is 29.1 Å². The maximum Gasteiger partial charge on any atom is 0.310 e. The molecule has 0 saturated carbocycles. The predicted molar refractivity (Wildman–Crippen MR) is 70.1 cm³/mol. The zero-order valence-corrected chi connectivity index (χ0v) is 11.3. The molecule has 2 heterocycles. The fourth-order valence-corrected chi connectivity index (χ4v) is 2.73. The monoisotopic (exact) mass is 288 g/mol. The number of nitrogens with zero attached hydrogens (tertiary/aromatic N) is 1. The van der Waals surface area contributed by atoms with E-state index in [1.165, 1.54) is 0 Å². The van der Waals surface area contributed by atoms with Gasteiger partial charge in [-0.1, -0.05) is 23.2 Å². The fourth-order valence-electron chi connectivity index (χ4n) is 2.30. The van der Waals surface area contributed by atoms with Gasteiger partial charge in [0, 0.05) is 11.2 Å². The fraction of sp³-hybridized carbons (Fsp3) is 0.500. The molecule has 0 atom stereocenters. The Balaban J connectivity index is 2.26. The number of carboxylic acids is 1.